The summed E-state index contributed by atoms with van der Waals surface area (Å²) in [6.45, 7) is 1.52. The van der Waals surface area contributed by atoms with Crippen molar-refractivity contribution >= 4 is 21.7 Å². The molecule has 0 spiro atoms. The van der Waals surface area contributed by atoms with Gasteiger partial charge in [0.15, 0.2) is 4.90 Å². The van der Waals surface area contributed by atoms with Crippen LogP contribution in [0.1, 0.15) is 13.3 Å². The van der Waals surface area contributed by atoms with Crippen LogP contribution in [0.2, 0.25) is 0 Å². The molecule has 0 bridgehead atoms. The normalized spacial score (nSPS) is 13.0. The van der Waals surface area contributed by atoms with Gasteiger partial charge in [0.1, 0.15) is 0 Å². The monoisotopic (exact) mass is 316 g/mol. The van der Waals surface area contributed by atoms with Gasteiger partial charge in [-0.05, 0) is 13.0 Å². The molecule has 0 aliphatic rings. The first-order valence-corrected chi connectivity index (χ1v) is 7.44. The van der Waals surface area contributed by atoms with Gasteiger partial charge in [-0.2, -0.15) is 4.31 Å². The summed E-state index contributed by atoms with van der Waals surface area (Å²) >= 11 is 0. The van der Waals surface area contributed by atoms with Gasteiger partial charge in [0, 0.05) is 19.2 Å². The molecule has 0 saturated heterocycles. The number of hydrogen-bond acceptors (Lipinski definition) is 6. The molecule has 0 unspecified atom stereocenters. The minimum absolute atomic E-state index is 0.146. The van der Waals surface area contributed by atoms with Crippen LogP contribution in [0, 0.1) is 10.1 Å². The maximum Gasteiger partial charge on any atom is 0.307 e. The van der Waals surface area contributed by atoms with Gasteiger partial charge in [-0.15, -0.1) is 0 Å². The molecule has 21 heavy (non-hydrogen) atoms. The van der Waals surface area contributed by atoms with E-state index in [1.165, 1.54) is 33.2 Å². The van der Waals surface area contributed by atoms with Gasteiger partial charge in [-0.3, -0.25) is 14.9 Å². The van der Waals surface area contributed by atoms with Crippen molar-refractivity contribution in [2.75, 3.05) is 14.2 Å². The fraction of sp³-hybridized carbons (Fsp3) is 0.417. The predicted octanol–water partition coefficient (Wildman–Crippen LogP) is 1.17. The Balaban J connectivity index is 3.17. The smallest absolute Gasteiger partial charge is 0.307 e. The maximum absolute atomic E-state index is 12.4. The summed E-state index contributed by atoms with van der Waals surface area (Å²) in [5.41, 5.74) is -0.505. The van der Waals surface area contributed by atoms with Crippen molar-refractivity contribution in [2.45, 2.75) is 24.3 Å². The second-order valence-electron chi connectivity index (χ2n) is 4.38. The van der Waals surface area contributed by atoms with Crippen LogP contribution in [0.15, 0.2) is 29.2 Å². The van der Waals surface area contributed by atoms with Crippen LogP contribution in [-0.2, 0) is 19.6 Å². The van der Waals surface area contributed by atoms with Crippen LogP contribution in [0.25, 0.3) is 0 Å². The second kappa shape index (κ2) is 6.64. The third-order valence-electron chi connectivity index (χ3n) is 3.03. The summed E-state index contributed by atoms with van der Waals surface area (Å²) < 4.78 is 30.3. The number of carbonyl (C=O) groups excluding carboxylic acids is 1. The van der Waals surface area contributed by atoms with Gasteiger partial charge < -0.3 is 4.74 Å². The molecule has 0 aliphatic heterocycles. The third kappa shape index (κ3) is 3.76. The quantitative estimate of drug-likeness (QED) is 0.443. The zero-order valence-electron chi connectivity index (χ0n) is 11.8. The maximum atomic E-state index is 12.4. The van der Waals surface area contributed by atoms with E-state index in [0.717, 1.165) is 16.4 Å². The lowest BCUT2D eigenvalue weighted by molar-refractivity contribution is -0.387. The van der Waals surface area contributed by atoms with E-state index in [4.69, 9.17) is 0 Å². The lowest BCUT2D eigenvalue weighted by Gasteiger charge is -2.23. The van der Waals surface area contributed by atoms with Gasteiger partial charge in [-0.25, -0.2) is 8.42 Å². The van der Waals surface area contributed by atoms with E-state index in [9.17, 15) is 23.3 Å². The molecule has 116 valence electrons. The van der Waals surface area contributed by atoms with Crippen molar-refractivity contribution < 1.29 is 22.9 Å². The van der Waals surface area contributed by atoms with Gasteiger partial charge >= 0.3 is 5.97 Å². The first-order valence-electron chi connectivity index (χ1n) is 6.00. The van der Waals surface area contributed by atoms with E-state index >= 15 is 0 Å². The average molecular weight is 316 g/mol. The van der Waals surface area contributed by atoms with Crippen molar-refractivity contribution in [2.24, 2.45) is 0 Å². The molecule has 0 aliphatic carbocycles. The molecule has 0 amide bonds. The predicted molar refractivity (Wildman–Crippen MR) is 74.1 cm³/mol. The molecule has 0 saturated carbocycles. The average Bonchev–Trinajstić information content (AvgIpc) is 2.45. The van der Waals surface area contributed by atoms with Gasteiger partial charge in [0.25, 0.3) is 5.69 Å². The van der Waals surface area contributed by atoms with E-state index in [1.54, 1.807) is 0 Å². The van der Waals surface area contributed by atoms with E-state index in [2.05, 4.69) is 4.74 Å². The van der Waals surface area contributed by atoms with Crippen molar-refractivity contribution in [3.8, 4) is 0 Å². The molecular formula is C12H16N2O6S. The number of sulfonamides is 1. The van der Waals surface area contributed by atoms with E-state index in [1.807, 2.05) is 0 Å². The Morgan fingerprint density at radius 3 is 2.52 bits per heavy atom. The Hall–Kier alpha value is -2.00. The summed E-state index contributed by atoms with van der Waals surface area (Å²) in [4.78, 5) is 21.0. The highest BCUT2D eigenvalue weighted by atomic mass is 32.2. The molecular weight excluding hydrogens is 300 g/mol. The highest BCUT2D eigenvalue weighted by Crippen LogP contribution is 2.27. The van der Waals surface area contributed by atoms with Crippen molar-refractivity contribution in [1.29, 1.82) is 0 Å². The fourth-order valence-corrected chi connectivity index (χ4v) is 3.19. The topological polar surface area (TPSA) is 107 Å². The molecule has 1 atom stereocenters. The number of benzene rings is 1. The minimum atomic E-state index is -4.08. The second-order valence-corrected chi connectivity index (χ2v) is 6.34. The summed E-state index contributed by atoms with van der Waals surface area (Å²) in [5, 5.41) is 10.9. The standard InChI is InChI=1S/C12H16N2O6S/c1-9(8-12(15)20-3)13(2)21(18,19)11-7-5-4-6-10(11)14(16)17/h4-7,9H,8H2,1-3H3/t9-/m1/s1. The SMILES string of the molecule is COC(=O)C[C@@H](C)N(C)S(=O)(=O)c1ccccc1[N+](=O)[O-]. The van der Waals surface area contributed by atoms with Crippen molar-refractivity contribution in [3.05, 3.63) is 34.4 Å². The lowest BCUT2D eigenvalue weighted by atomic mass is 10.2. The molecule has 1 aromatic rings. The first kappa shape index (κ1) is 17.1. The number of hydrogen-bond donors (Lipinski definition) is 0. The third-order valence-corrected chi connectivity index (χ3v) is 5.05. The number of methoxy groups -OCH3 is 1. The molecule has 1 rings (SSSR count). The zero-order chi connectivity index (χ0) is 16.2. The number of esters is 1. The number of nitro benzene ring substituents is 1. The van der Waals surface area contributed by atoms with Crippen LogP contribution in [0.5, 0.6) is 0 Å². The zero-order valence-corrected chi connectivity index (χ0v) is 12.7. The first-order chi connectivity index (χ1) is 9.71. The fourth-order valence-electron chi connectivity index (χ4n) is 1.67. The number of rotatable bonds is 6. The van der Waals surface area contributed by atoms with Crippen molar-refractivity contribution in [1.82, 2.24) is 4.31 Å². The Labute approximate surface area is 122 Å². The Morgan fingerprint density at radius 1 is 1.43 bits per heavy atom. The highest BCUT2D eigenvalue weighted by molar-refractivity contribution is 7.89. The largest absolute Gasteiger partial charge is 0.469 e. The number of carbonyl (C=O) groups is 1. The summed E-state index contributed by atoms with van der Waals surface area (Å²) in [5.74, 6) is -0.563. The van der Waals surface area contributed by atoms with Crippen LogP contribution in [0.4, 0.5) is 5.69 Å². The number of nitrogens with zero attached hydrogens (tertiary/aromatic N) is 2. The summed E-state index contributed by atoms with van der Waals surface area (Å²) in [6, 6.07) is 4.37. The molecule has 8 nitrogen and oxygen atoms in total. The molecule has 1 aromatic carbocycles. The van der Waals surface area contributed by atoms with Crippen LogP contribution in [-0.4, -0.2) is 43.8 Å². The highest BCUT2D eigenvalue weighted by Gasteiger charge is 2.32. The molecule has 0 radical (unpaired) electrons. The van der Waals surface area contributed by atoms with E-state index < -0.39 is 37.5 Å². The van der Waals surface area contributed by atoms with Crippen LogP contribution < -0.4 is 0 Å². The molecule has 0 N–H and O–H groups in total. The van der Waals surface area contributed by atoms with Crippen LogP contribution >= 0.6 is 0 Å². The van der Waals surface area contributed by atoms with Gasteiger partial charge in [-0.1, -0.05) is 12.1 Å². The molecule has 0 fully saturated rings. The van der Waals surface area contributed by atoms with Gasteiger partial charge in [0.05, 0.1) is 18.5 Å². The molecule has 0 aromatic heterocycles. The Kier molecular flexibility index (Phi) is 5.39. The van der Waals surface area contributed by atoms with E-state index in [-0.39, 0.29) is 6.42 Å². The molecule has 0 heterocycles. The number of para-hydroxylation sites is 1. The summed E-state index contributed by atoms with van der Waals surface area (Å²) in [6.07, 6.45) is -0.146. The number of ether oxygens (including phenoxy) is 1. The van der Waals surface area contributed by atoms with Crippen LogP contribution in [0.3, 0.4) is 0 Å². The molecule has 9 heteroatoms. The number of nitro groups is 1. The summed E-state index contributed by atoms with van der Waals surface area (Å²) in [7, 11) is -1.62. The van der Waals surface area contributed by atoms with Crippen molar-refractivity contribution in [3.63, 3.8) is 0 Å². The van der Waals surface area contributed by atoms with Gasteiger partial charge in [0.2, 0.25) is 10.0 Å². The Morgan fingerprint density at radius 2 is 2.00 bits per heavy atom. The lowest BCUT2D eigenvalue weighted by Crippen LogP contribution is -2.37. The van der Waals surface area contributed by atoms with E-state index in [0.29, 0.717) is 0 Å². The minimum Gasteiger partial charge on any atom is -0.469 e. The Bertz CT molecular complexity index is 643.